The number of hydrogen-bond acceptors (Lipinski definition) is 0. The molecule has 1 aromatic rings. The molecule has 2 rings (SSSR count). The van der Waals surface area contributed by atoms with Crippen LogP contribution in [0.1, 0.15) is 37.4 Å². The molecule has 1 aromatic carbocycles. The van der Waals surface area contributed by atoms with E-state index in [4.69, 9.17) is 0 Å². The summed E-state index contributed by atoms with van der Waals surface area (Å²) in [6.07, 6.45) is 5.58. The minimum absolute atomic E-state index is 0. The van der Waals surface area contributed by atoms with Gasteiger partial charge in [-0.05, 0) is 43.0 Å². The summed E-state index contributed by atoms with van der Waals surface area (Å²) in [4.78, 5) is 0. The zero-order valence-electron chi connectivity index (χ0n) is 13.4. The third-order valence-corrected chi connectivity index (χ3v) is 5.95. The second kappa shape index (κ2) is 9.33. The third-order valence-electron chi connectivity index (χ3n) is 3.75. The van der Waals surface area contributed by atoms with Crippen LogP contribution >= 0.6 is 0 Å². The molecule has 0 amide bonds. The maximum absolute atomic E-state index is 3.46. The molecule has 0 spiro atoms. The van der Waals surface area contributed by atoms with E-state index >= 15 is 0 Å². The van der Waals surface area contributed by atoms with Gasteiger partial charge in [-0.25, -0.2) is 0 Å². The smallest absolute Gasteiger partial charge is 0.0991 e. The number of rotatable bonds is 2. The van der Waals surface area contributed by atoms with E-state index in [1.165, 1.54) is 11.1 Å². The summed E-state index contributed by atoms with van der Waals surface area (Å²) in [6.45, 7) is 14.9. The van der Waals surface area contributed by atoms with E-state index in [9.17, 15) is 0 Å². The van der Waals surface area contributed by atoms with Crippen LogP contribution in [0.2, 0.25) is 13.1 Å². The van der Waals surface area contributed by atoms with Gasteiger partial charge in [-0.15, -0.1) is 0 Å². The summed E-state index contributed by atoms with van der Waals surface area (Å²) in [5.41, 5.74) is 7.01. The first-order valence-electron chi connectivity index (χ1n) is 7.04. The van der Waals surface area contributed by atoms with Crippen molar-refractivity contribution in [1.82, 2.24) is 0 Å². The number of hydrogen-bond donors (Lipinski definition) is 0. The molecule has 1 unspecified atom stereocenters. The third kappa shape index (κ3) is 4.44. The molecule has 1 aliphatic carbocycles. The van der Waals surface area contributed by atoms with Gasteiger partial charge in [0.15, 0.2) is 0 Å². The molecule has 0 nitrogen and oxygen atoms in total. The van der Waals surface area contributed by atoms with Crippen molar-refractivity contribution in [1.29, 1.82) is 0 Å². The van der Waals surface area contributed by atoms with Crippen molar-refractivity contribution in [2.45, 2.75) is 39.4 Å². The van der Waals surface area contributed by atoms with Crippen LogP contribution in [0.15, 0.2) is 54.6 Å². The zero-order chi connectivity index (χ0) is 14.4. The monoisotopic (exact) mass is 318 g/mol. The second-order valence-electron chi connectivity index (χ2n) is 5.38. The van der Waals surface area contributed by atoms with Crippen LogP contribution in [-0.4, -0.2) is 8.80 Å². The van der Waals surface area contributed by atoms with Gasteiger partial charge < -0.3 is 0 Å². The molecular formula is C18H26SiTi+2. The fourth-order valence-electron chi connectivity index (χ4n) is 2.78. The second-order valence-corrected chi connectivity index (χ2v) is 8.53. The molecule has 104 valence electrons. The van der Waals surface area contributed by atoms with Gasteiger partial charge in [0.25, 0.3) is 0 Å². The molecule has 0 aliphatic heterocycles. The zero-order valence-corrected chi connectivity index (χ0v) is 16.1. The Kier molecular flexibility index (Phi) is 9.04. The van der Waals surface area contributed by atoms with Gasteiger partial charge in [0.2, 0.25) is 0 Å². The predicted octanol–water partition coefficient (Wildman–Crippen LogP) is 5.35. The van der Waals surface area contributed by atoms with E-state index in [2.05, 4.69) is 57.8 Å². The van der Waals surface area contributed by atoms with Gasteiger partial charge in [0.1, 0.15) is 0 Å². The van der Waals surface area contributed by atoms with E-state index in [0.717, 1.165) is 5.54 Å². The summed E-state index contributed by atoms with van der Waals surface area (Å²) < 4.78 is 0. The van der Waals surface area contributed by atoms with E-state index in [1.54, 1.807) is 17.2 Å². The summed E-state index contributed by atoms with van der Waals surface area (Å²) in [5.74, 6) is 0. The predicted molar refractivity (Wildman–Crippen MR) is 91.3 cm³/mol. The SMILES string of the molecule is C=CC=CC.CC1=C(C)C([SiH](C)C)c2ccccc21.[Ti+2]. The molecule has 0 radical (unpaired) electrons. The quantitative estimate of drug-likeness (QED) is 0.509. The fraction of sp³-hybridized carbons (Fsp3) is 0.333. The summed E-state index contributed by atoms with van der Waals surface area (Å²) in [7, 11) is -0.614. The van der Waals surface area contributed by atoms with Gasteiger partial charge in [0, 0.05) is 8.80 Å². The van der Waals surface area contributed by atoms with Gasteiger partial charge in [-0.1, -0.05) is 67.7 Å². The molecule has 1 atom stereocenters. The van der Waals surface area contributed by atoms with Crippen LogP contribution in [0.4, 0.5) is 0 Å². The number of allylic oxidation sites excluding steroid dienone is 5. The Morgan fingerprint density at radius 3 is 2.20 bits per heavy atom. The number of fused-ring (bicyclic) bond motifs is 1. The normalized spacial score (nSPS) is 16.6. The molecule has 0 heterocycles. The van der Waals surface area contributed by atoms with E-state index in [0.29, 0.717) is 0 Å². The largest absolute Gasteiger partial charge is 2.00 e. The molecule has 20 heavy (non-hydrogen) atoms. The topological polar surface area (TPSA) is 0 Å². The molecule has 0 fully saturated rings. The first-order valence-corrected chi connectivity index (χ1v) is 10.0. The van der Waals surface area contributed by atoms with Crippen LogP contribution in [0, 0.1) is 0 Å². The summed E-state index contributed by atoms with van der Waals surface area (Å²) in [6, 6.07) is 8.91. The standard InChI is InChI=1S/C13H18Si.C5H8.Ti/c1-9-10(2)13(14(3)4)12-8-6-5-7-11(9)12;1-3-5-4-2;/h5-8,13-14H,1-4H3;3-5H,1H2,2H3;/q;;+2. The minimum atomic E-state index is -0.614. The van der Waals surface area contributed by atoms with E-state index < -0.39 is 8.80 Å². The minimum Gasteiger partial charge on any atom is -0.0991 e. The Morgan fingerprint density at radius 1 is 1.15 bits per heavy atom. The van der Waals surface area contributed by atoms with Crippen LogP contribution in [-0.2, 0) is 21.7 Å². The number of benzene rings is 1. The molecule has 0 aromatic heterocycles. The van der Waals surface area contributed by atoms with Crippen LogP contribution in [0.25, 0.3) is 5.57 Å². The maximum Gasteiger partial charge on any atom is 2.00 e. The van der Waals surface area contributed by atoms with Crippen LogP contribution < -0.4 is 0 Å². The molecular weight excluding hydrogens is 292 g/mol. The Labute approximate surface area is 141 Å². The van der Waals surface area contributed by atoms with Crippen molar-refractivity contribution in [2.24, 2.45) is 0 Å². The first kappa shape index (κ1) is 19.4. The summed E-state index contributed by atoms with van der Waals surface area (Å²) >= 11 is 0. The van der Waals surface area contributed by atoms with Crippen molar-refractivity contribution in [3.63, 3.8) is 0 Å². The molecule has 0 N–H and O–H groups in total. The van der Waals surface area contributed by atoms with Crippen LogP contribution in [0.5, 0.6) is 0 Å². The van der Waals surface area contributed by atoms with Gasteiger partial charge >= 0.3 is 21.7 Å². The van der Waals surface area contributed by atoms with Gasteiger partial charge in [-0.2, -0.15) is 0 Å². The average Bonchev–Trinajstić information content (AvgIpc) is 2.64. The first-order chi connectivity index (χ1) is 9.04. The van der Waals surface area contributed by atoms with Gasteiger partial charge in [-0.3, -0.25) is 0 Å². The van der Waals surface area contributed by atoms with Gasteiger partial charge in [0.05, 0.1) is 0 Å². The van der Waals surface area contributed by atoms with Crippen molar-refractivity contribution >= 4 is 14.4 Å². The molecule has 2 heteroatoms. The summed E-state index contributed by atoms with van der Waals surface area (Å²) in [5, 5.41) is 0. The Balaban J connectivity index is 0.000000526. The Morgan fingerprint density at radius 2 is 1.75 bits per heavy atom. The maximum atomic E-state index is 3.46. The molecule has 0 bridgehead atoms. The molecule has 0 saturated heterocycles. The van der Waals surface area contributed by atoms with Crippen molar-refractivity contribution in [2.75, 3.05) is 0 Å². The fourth-order valence-corrected chi connectivity index (χ4v) is 5.04. The van der Waals surface area contributed by atoms with Crippen molar-refractivity contribution < 1.29 is 21.7 Å². The van der Waals surface area contributed by atoms with E-state index in [1.807, 2.05) is 19.1 Å². The average molecular weight is 318 g/mol. The molecule has 1 aliphatic rings. The van der Waals surface area contributed by atoms with E-state index in [-0.39, 0.29) is 21.7 Å². The Hall–Kier alpha value is -0.629. The van der Waals surface area contributed by atoms with Crippen molar-refractivity contribution in [3.8, 4) is 0 Å². The van der Waals surface area contributed by atoms with Crippen LogP contribution in [0.3, 0.4) is 0 Å². The Bertz CT molecular complexity index is 498. The molecule has 0 saturated carbocycles. The van der Waals surface area contributed by atoms with Crippen molar-refractivity contribution in [3.05, 3.63) is 65.8 Å².